The van der Waals surface area contributed by atoms with E-state index < -0.39 is 0 Å². The van der Waals surface area contributed by atoms with Crippen LogP contribution in [-0.4, -0.2) is 21.7 Å². The number of benzene rings is 1. The first-order chi connectivity index (χ1) is 12.7. The molecule has 0 aliphatic heterocycles. The molecule has 4 rings (SSSR count). The Morgan fingerprint density at radius 3 is 2.69 bits per heavy atom. The third kappa shape index (κ3) is 3.44. The van der Waals surface area contributed by atoms with Crippen LogP contribution in [0.2, 0.25) is 0 Å². The van der Waals surface area contributed by atoms with Gasteiger partial charge in [-0.25, -0.2) is 4.68 Å². The molecule has 2 heterocycles. The lowest BCUT2D eigenvalue weighted by atomic mass is 9.86. The summed E-state index contributed by atoms with van der Waals surface area (Å²) in [5.41, 5.74) is 2.36. The fraction of sp³-hybridized carbons (Fsp3) is 0.333. The maximum atomic E-state index is 13.1. The number of aromatic nitrogens is 2. The summed E-state index contributed by atoms with van der Waals surface area (Å²) in [4.78, 5) is 14.1. The highest BCUT2D eigenvalue weighted by molar-refractivity contribution is 7.13. The van der Waals surface area contributed by atoms with Gasteiger partial charge in [0, 0.05) is 12.2 Å². The third-order valence-electron chi connectivity index (χ3n) is 5.16. The highest BCUT2D eigenvalue weighted by atomic mass is 32.1. The molecule has 2 aromatic heterocycles. The van der Waals surface area contributed by atoms with E-state index in [0.29, 0.717) is 11.5 Å². The second-order valence-electron chi connectivity index (χ2n) is 6.99. The van der Waals surface area contributed by atoms with Crippen molar-refractivity contribution in [3.8, 4) is 16.3 Å². The van der Waals surface area contributed by atoms with Gasteiger partial charge in [-0.05, 0) is 42.3 Å². The molecule has 0 saturated heterocycles. The first-order valence-corrected chi connectivity index (χ1v) is 10.1. The van der Waals surface area contributed by atoms with Crippen molar-refractivity contribution in [1.82, 2.24) is 15.1 Å². The molecule has 3 aromatic rings. The van der Waals surface area contributed by atoms with Gasteiger partial charge in [0.05, 0.1) is 16.1 Å². The van der Waals surface area contributed by atoms with Crippen molar-refractivity contribution in [1.29, 1.82) is 0 Å². The zero-order valence-electron chi connectivity index (χ0n) is 14.9. The fourth-order valence-corrected chi connectivity index (χ4v) is 4.35. The van der Waals surface area contributed by atoms with Gasteiger partial charge in [0.25, 0.3) is 5.91 Å². The summed E-state index contributed by atoms with van der Waals surface area (Å²) in [6.07, 6.45) is 6.56. The van der Waals surface area contributed by atoms with Crippen molar-refractivity contribution in [3.63, 3.8) is 0 Å². The largest absolute Gasteiger partial charge is 0.349 e. The molecule has 1 aliphatic rings. The zero-order chi connectivity index (χ0) is 17.9. The summed E-state index contributed by atoms with van der Waals surface area (Å²) >= 11 is 1.61. The minimum Gasteiger partial charge on any atom is -0.349 e. The Morgan fingerprint density at radius 1 is 1.15 bits per heavy atom. The predicted molar refractivity (Wildman–Crippen MR) is 106 cm³/mol. The van der Waals surface area contributed by atoms with Gasteiger partial charge in [0.2, 0.25) is 0 Å². The number of amides is 1. The van der Waals surface area contributed by atoms with E-state index in [1.54, 1.807) is 16.0 Å². The van der Waals surface area contributed by atoms with Crippen molar-refractivity contribution in [2.45, 2.75) is 38.6 Å². The fourth-order valence-electron chi connectivity index (χ4n) is 3.63. The van der Waals surface area contributed by atoms with Gasteiger partial charge in [-0.1, -0.05) is 44.0 Å². The molecule has 5 heteroatoms. The van der Waals surface area contributed by atoms with E-state index in [-0.39, 0.29) is 11.9 Å². The molecule has 0 radical (unpaired) electrons. The standard InChI is InChI=1S/C21H23N3OS/c1-15-8-5-6-11-18(15)22-21(25)17-14-24(16-9-3-2-4-10-16)23-20(17)19-12-7-13-26-19/h2-4,7,9-10,12-15,18H,5-6,8,11H2,1H3,(H,22,25)/t15-,18-/m0/s1. The van der Waals surface area contributed by atoms with Gasteiger partial charge >= 0.3 is 0 Å². The van der Waals surface area contributed by atoms with Gasteiger partial charge in [0.15, 0.2) is 0 Å². The minimum absolute atomic E-state index is 0.0191. The number of hydrogen-bond acceptors (Lipinski definition) is 3. The SMILES string of the molecule is C[C@H]1CCCC[C@@H]1NC(=O)c1cn(-c2ccccc2)nc1-c1cccs1. The van der Waals surface area contributed by atoms with E-state index >= 15 is 0 Å². The lowest BCUT2D eigenvalue weighted by Gasteiger charge is -2.29. The molecule has 1 aromatic carbocycles. The lowest BCUT2D eigenvalue weighted by molar-refractivity contribution is 0.0911. The predicted octanol–water partition coefficient (Wildman–Crippen LogP) is 4.91. The van der Waals surface area contributed by atoms with Gasteiger partial charge in [-0.15, -0.1) is 11.3 Å². The summed E-state index contributed by atoms with van der Waals surface area (Å²) in [7, 11) is 0. The normalized spacial score (nSPS) is 20.0. The van der Waals surface area contributed by atoms with E-state index in [1.165, 1.54) is 19.3 Å². The molecule has 1 N–H and O–H groups in total. The van der Waals surface area contributed by atoms with Crippen LogP contribution in [0.3, 0.4) is 0 Å². The molecule has 134 valence electrons. The van der Waals surface area contributed by atoms with Crippen LogP contribution < -0.4 is 5.32 Å². The first kappa shape index (κ1) is 17.0. The molecule has 1 amide bonds. The van der Waals surface area contributed by atoms with Crippen LogP contribution in [-0.2, 0) is 0 Å². The van der Waals surface area contributed by atoms with E-state index in [0.717, 1.165) is 22.7 Å². The number of para-hydroxylation sites is 1. The average molecular weight is 366 g/mol. The van der Waals surface area contributed by atoms with Crippen molar-refractivity contribution in [2.24, 2.45) is 5.92 Å². The Morgan fingerprint density at radius 2 is 1.96 bits per heavy atom. The van der Waals surface area contributed by atoms with Crippen LogP contribution in [0.4, 0.5) is 0 Å². The van der Waals surface area contributed by atoms with Gasteiger partial charge < -0.3 is 5.32 Å². The zero-order valence-corrected chi connectivity index (χ0v) is 15.7. The Labute approximate surface area is 157 Å². The molecule has 4 nitrogen and oxygen atoms in total. The van der Waals surface area contributed by atoms with Crippen molar-refractivity contribution < 1.29 is 4.79 Å². The number of rotatable bonds is 4. The van der Waals surface area contributed by atoms with Crippen molar-refractivity contribution in [2.75, 3.05) is 0 Å². The van der Waals surface area contributed by atoms with Gasteiger partial charge in [-0.3, -0.25) is 4.79 Å². The quantitative estimate of drug-likeness (QED) is 0.714. The average Bonchev–Trinajstić information content (AvgIpc) is 3.34. The Bertz CT molecular complexity index is 870. The van der Waals surface area contributed by atoms with Crippen LogP contribution in [0.5, 0.6) is 0 Å². The molecule has 0 bridgehead atoms. The third-order valence-corrected chi connectivity index (χ3v) is 6.04. The first-order valence-electron chi connectivity index (χ1n) is 9.22. The van der Waals surface area contributed by atoms with Crippen LogP contribution >= 0.6 is 11.3 Å². The number of hydrogen-bond donors (Lipinski definition) is 1. The van der Waals surface area contributed by atoms with Crippen LogP contribution in [0.1, 0.15) is 43.0 Å². The van der Waals surface area contributed by atoms with Crippen molar-refractivity contribution in [3.05, 3.63) is 59.6 Å². The molecule has 1 aliphatic carbocycles. The van der Waals surface area contributed by atoms with Gasteiger partial charge in [0.1, 0.15) is 5.69 Å². The molecule has 2 atom stereocenters. The lowest BCUT2D eigenvalue weighted by Crippen LogP contribution is -2.41. The van der Waals surface area contributed by atoms with Crippen LogP contribution in [0.25, 0.3) is 16.3 Å². The summed E-state index contributed by atoms with van der Waals surface area (Å²) in [6.45, 7) is 2.23. The highest BCUT2D eigenvalue weighted by Gasteiger charge is 2.26. The topological polar surface area (TPSA) is 46.9 Å². The second-order valence-corrected chi connectivity index (χ2v) is 7.94. The number of nitrogens with one attached hydrogen (secondary N) is 1. The van der Waals surface area contributed by atoms with Gasteiger partial charge in [-0.2, -0.15) is 5.10 Å². The maximum absolute atomic E-state index is 13.1. The van der Waals surface area contributed by atoms with E-state index in [2.05, 4.69) is 12.2 Å². The van der Waals surface area contributed by atoms with Crippen LogP contribution in [0, 0.1) is 5.92 Å². The summed E-state index contributed by atoms with van der Waals surface area (Å²) in [5, 5.41) is 10.0. The summed E-state index contributed by atoms with van der Waals surface area (Å²) in [6, 6.07) is 14.2. The number of carbonyl (C=O) groups excluding carboxylic acids is 1. The van der Waals surface area contributed by atoms with E-state index in [9.17, 15) is 4.79 Å². The monoisotopic (exact) mass is 365 g/mol. The molecule has 0 unspecified atom stereocenters. The molecule has 26 heavy (non-hydrogen) atoms. The Hall–Kier alpha value is -2.40. The molecule has 1 saturated carbocycles. The second kappa shape index (κ2) is 7.46. The molecular weight excluding hydrogens is 342 g/mol. The maximum Gasteiger partial charge on any atom is 0.255 e. The van der Waals surface area contributed by atoms with E-state index in [1.807, 2.05) is 54.0 Å². The highest BCUT2D eigenvalue weighted by Crippen LogP contribution is 2.29. The van der Waals surface area contributed by atoms with Crippen molar-refractivity contribution >= 4 is 17.2 Å². The molecule has 0 spiro atoms. The minimum atomic E-state index is -0.0191. The Balaban J connectivity index is 1.67. The number of nitrogens with zero attached hydrogens (tertiary/aromatic N) is 2. The smallest absolute Gasteiger partial charge is 0.255 e. The summed E-state index contributed by atoms with van der Waals surface area (Å²) in [5.74, 6) is 0.511. The number of carbonyl (C=O) groups is 1. The van der Waals surface area contributed by atoms with E-state index in [4.69, 9.17) is 5.10 Å². The summed E-state index contributed by atoms with van der Waals surface area (Å²) < 4.78 is 1.80. The molecular formula is C21H23N3OS. The van der Waals surface area contributed by atoms with Crippen LogP contribution in [0.15, 0.2) is 54.0 Å². The number of thiophene rings is 1. The Kier molecular flexibility index (Phi) is 4.89. The molecule has 1 fully saturated rings.